The van der Waals surface area contributed by atoms with E-state index in [-0.39, 0.29) is 5.41 Å². The van der Waals surface area contributed by atoms with Gasteiger partial charge in [0.2, 0.25) is 0 Å². The van der Waals surface area contributed by atoms with Crippen LogP contribution in [0.25, 0.3) is 10.2 Å². The zero-order chi connectivity index (χ0) is 15.8. The third-order valence-electron chi connectivity index (χ3n) is 6.27. The molecule has 1 aliphatic heterocycles. The van der Waals surface area contributed by atoms with Crippen molar-refractivity contribution in [3.63, 3.8) is 0 Å². The van der Waals surface area contributed by atoms with Crippen molar-refractivity contribution in [3.05, 3.63) is 16.8 Å². The minimum absolute atomic E-state index is 0.187. The van der Waals surface area contributed by atoms with Crippen LogP contribution in [0.3, 0.4) is 0 Å². The molecule has 0 spiro atoms. The fraction of sp³-hybridized carbons (Fsp3) is 0.667. The SMILES string of the molecule is CN(c1ncnc2sc3c(c12)CCC3)C1C2CCOC2C1(C)C. The van der Waals surface area contributed by atoms with Gasteiger partial charge >= 0.3 is 0 Å². The molecule has 122 valence electrons. The van der Waals surface area contributed by atoms with Crippen LogP contribution in [0.1, 0.15) is 37.1 Å². The van der Waals surface area contributed by atoms with Crippen LogP contribution in [0, 0.1) is 11.3 Å². The van der Waals surface area contributed by atoms with Crippen molar-refractivity contribution in [3.8, 4) is 0 Å². The molecule has 23 heavy (non-hydrogen) atoms. The van der Waals surface area contributed by atoms with Crippen molar-refractivity contribution in [2.75, 3.05) is 18.6 Å². The number of anilines is 1. The summed E-state index contributed by atoms with van der Waals surface area (Å²) >= 11 is 1.87. The highest BCUT2D eigenvalue weighted by atomic mass is 32.1. The largest absolute Gasteiger partial charge is 0.377 e. The number of rotatable bonds is 2. The molecule has 0 radical (unpaired) electrons. The van der Waals surface area contributed by atoms with Gasteiger partial charge in [-0.3, -0.25) is 0 Å². The van der Waals surface area contributed by atoms with Crippen LogP contribution in [-0.2, 0) is 17.6 Å². The fourth-order valence-electron chi connectivity index (χ4n) is 5.39. The minimum atomic E-state index is 0.187. The number of thiophene rings is 1. The summed E-state index contributed by atoms with van der Waals surface area (Å²) in [7, 11) is 2.22. The molecule has 2 fully saturated rings. The van der Waals surface area contributed by atoms with E-state index in [0.29, 0.717) is 18.1 Å². The standard InChI is InChI=1S/C18H23N3OS/c1-18(2)14(11-7-8-22-15(11)18)21(3)16-13-10-5-4-6-12(10)23-17(13)20-9-19-16/h9,11,14-15H,4-8H2,1-3H3. The highest BCUT2D eigenvalue weighted by Gasteiger charge is 2.61. The molecule has 3 atom stereocenters. The lowest BCUT2D eigenvalue weighted by Gasteiger charge is -2.58. The number of aryl methyl sites for hydroxylation is 2. The molecule has 5 rings (SSSR count). The van der Waals surface area contributed by atoms with Gasteiger partial charge in [-0.2, -0.15) is 0 Å². The van der Waals surface area contributed by atoms with E-state index in [4.69, 9.17) is 9.72 Å². The smallest absolute Gasteiger partial charge is 0.141 e. The number of ether oxygens (including phenoxy) is 1. The molecule has 2 aromatic rings. The zero-order valence-corrected chi connectivity index (χ0v) is 14.8. The summed E-state index contributed by atoms with van der Waals surface area (Å²) in [5.41, 5.74) is 1.70. The second-order valence-electron chi connectivity index (χ2n) is 7.86. The average Bonchev–Trinajstić information content (AvgIpc) is 3.19. The van der Waals surface area contributed by atoms with Crippen LogP contribution in [0.4, 0.5) is 5.82 Å². The topological polar surface area (TPSA) is 38.2 Å². The molecule has 0 N–H and O–H groups in total. The molecule has 3 heterocycles. The first-order valence-corrected chi connectivity index (χ1v) is 9.50. The van der Waals surface area contributed by atoms with E-state index in [2.05, 4.69) is 30.8 Å². The zero-order valence-electron chi connectivity index (χ0n) is 14.0. The third kappa shape index (κ3) is 1.75. The number of fused-ring (bicyclic) bond motifs is 4. The summed E-state index contributed by atoms with van der Waals surface area (Å²) < 4.78 is 5.97. The fourth-order valence-corrected chi connectivity index (χ4v) is 6.62. The van der Waals surface area contributed by atoms with E-state index in [1.165, 1.54) is 46.3 Å². The first-order valence-electron chi connectivity index (χ1n) is 8.68. The molecule has 0 bridgehead atoms. The third-order valence-corrected chi connectivity index (χ3v) is 7.47. The number of aromatic nitrogens is 2. The van der Waals surface area contributed by atoms with Gasteiger partial charge < -0.3 is 9.64 Å². The van der Waals surface area contributed by atoms with Crippen LogP contribution in [0.5, 0.6) is 0 Å². The van der Waals surface area contributed by atoms with E-state index < -0.39 is 0 Å². The highest BCUT2D eigenvalue weighted by molar-refractivity contribution is 7.19. The van der Waals surface area contributed by atoms with Crippen molar-refractivity contribution in [1.29, 1.82) is 0 Å². The molecule has 5 heteroatoms. The maximum absolute atomic E-state index is 5.97. The first kappa shape index (κ1) is 14.2. The summed E-state index contributed by atoms with van der Waals surface area (Å²) in [6, 6.07) is 0.505. The molecular weight excluding hydrogens is 306 g/mol. The molecule has 3 unspecified atom stereocenters. The molecule has 4 nitrogen and oxygen atoms in total. The van der Waals surface area contributed by atoms with E-state index in [9.17, 15) is 0 Å². The Labute approximate surface area is 140 Å². The predicted octanol–water partition coefficient (Wildman–Crippen LogP) is 3.43. The van der Waals surface area contributed by atoms with Crippen molar-refractivity contribution < 1.29 is 4.74 Å². The molecule has 1 saturated carbocycles. The summed E-state index contributed by atoms with van der Waals surface area (Å²) in [6.07, 6.45) is 7.02. The van der Waals surface area contributed by atoms with Gasteiger partial charge in [-0.15, -0.1) is 11.3 Å². The molecule has 0 amide bonds. The Morgan fingerprint density at radius 1 is 1.30 bits per heavy atom. The monoisotopic (exact) mass is 329 g/mol. The number of hydrogen-bond acceptors (Lipinski definition) is 5. The molecule has 3 aliphatic rings. The van der Waals surface area contributed by atoms with Crippen molar-refractivity contribution in [2.24, 2.45) is 11.3 Å². The molecule has 0 aromatic carbocycles. The van der Waals surface area contributed by atoms with Gasteiger partial charge in [0, 0.05) is 35.9 Å². The Kier molecular flexibility index (Phi) is 2.88. The van der Waals surface area contributed by atoms with E-state index in [1.807, 2.05) is 11.3 Å². The van der Waals surface area contributed by atoms with Gasteiger partial charge in [0.05, 0.1) is 11.5 Å². The first-order chi connectivity index (χ1) is 11.1. The second kappa shape index (κ2) is 4.67. The summed E-state index contributed by atoms with van der Waals surface area (Å²) in [4.78, 5) is 14.4. The maximum Gasteiger partial charge on any atom is 0.141 e. The van der Waals surface area contributed by atoms with Crippen molar-refractivity contribution in [2.45, 2.75) is 51.7 Å². The van der Waals surface area contributed by atoms with Crippen LogP contribution in [0.15, 0.2) is 6.33 Å². The predicted molar refractivity (Wildman–Crippen MR) is 93.3 cm³/mol. The molecule has 2 aliphatic carbocycles. The van der Waals surface area contributed by atoms with Crippen molar-refractivity contribution in [1.82, 2.24) is 9.97 Å². The van der Waals surface area contributed by atoms with Gasteiger partial charge in [-0.25, -0.2) is 9.97 Å². The van der Waals surface area contributed by atoms with Gasteiger partial charge in [-0.05, 0) is 31.2 Å². The normalized spacial score (nSPS) is 31.0. The molecule has 2 aromatic heterocycles. The Hall–Kier alpha value is -1.20. The second-order valence-corrected chi connectivity index (χ2v) is 8.94. The summed E-state index contributed by atoms with van der Waals surface area (Å²) in [6.45, 7) is 5.60. The maximum atomic E-state index is 5.97. The Morgan fingerprint density at radius 3 is 3.04 bits per heavy atom. The lowest BCUT2D eigenvalue weighted by atomic mass is 9.57. The Bertz CT molecular complexity index is 784. The lowest BCUT2D eigenvalue weighted by molar-refractivity contribution is -0.101. The summed E-state index contributed by atoms with van der Waals surface area (Å²) in [5.74, 6) is 1.78. The van der Waals surface area contributed by atoms with E-state index in [1.54, 1.807) is 6.33 Å². The van der Waals surface area contributed by atoms with Crippen LogP contribution in [-0.4, -0.2) is 35.8 Å². The quantitative estimate of drug-likeness (QED) is 0.846. The summed E-state index contributed by atoms with van der Waals surface area (Å²) in [5, 5.41) is 1.32. The lowest BCUT2D eigenvalue weighted by Crippen LogP contribution is -2.66. The van der Waals surface area contributed by atoms with E-state index >= 15 is 0 Å². The van der Waals surface area contributed by atoms with Gasteiger partial charge in [0.15, 0.2) is 0 Å². The number of hydrogen-bond donors (Lipinski definition) is 0. The highest BCUT2D eigenvalue weighted by Crippen LogP contribution is 2.55. The Morgan fingerprint density at radius 2 is 2.17 bits per heavy atom. The van der Waals surface area contributed by atoms with Gasteiger partial charge in [0.25, 0.3) is 0 Å². The molecular formula is C18H23N3OS. The average molecular weight is 329 g/mol. The van der Waals surface area contributed by atoms with Crippen LogP contribution in [0.2, 0.25) is 0 Å². The van der Waals surface area contributed by atoms with Crippen LogP contribution >= 0.6 is 11.3 Å². The van der Waals surface area contributed by atoms with Gasteiger partial charge in [0.1, 0.15) is 17.0 Å². The minimum Gasteiger partial charge on any atom is -0.377 e. The van der Waals surface area contributed by atoms with Gasteiger partial charge in [-0.1, -0.05) is 13.8 Å². The van der Waals surface area contributed by atoms with Crippen molar-refractivity contribution >= 4 is 27.4 Å². The van der Waals surface area contributed by atoms with E-state index in [0.717, 1.165) is 12.4 Å². The number of nitrogens with zero attached hydrogens (tertiary/aromatic N) is 3. The Balaban J connectivity index is 1.61. The molecule has 1 saturated heterocycles. The van der Waals surface area contributed by atoms with Crippen LogP contribution < -0.4 is 4.90 Å².